The number of hydrogen-bond donors (Lipinski definition) is 1. The molecule has 0 atom stereocenters. The molecule has 2 aliphatic heterocycles. The number of carbonyl (C=O) groups is 1. The summed E-state index contributed by atoms with van der Waals surface area (Å²) in [6.45, 7) is 9.78. The van der Waals surface area contributed by atoms with Crippen LogP contribution in [0.2, 0.25) is 0 Å². The molecule has 0 unspecified atom stereocenters. The minimum absolute atomic E-state index is 0.145. The number of aliphatic hydroxyl groups excluding tert-OH is 1. The first kappa shape index (κ1) is 19.9. The van der Waals surface area contributed by atoms with Gasteiger partial charge in [-0.1, -0.05) is 18.7 Å². The number of piperazine rings is 1. The second kappa shape index (κ2) is 8.93. The molecule has 2 heterocycles. The number of carbonyl (C=O) groups excluding carboxylic acids is 1. The van der Waals surface area contributed by atoms with E-state index in [2.05, 4.69) is 11.5 Å². The number of hydrogen-bond acceptors (Lipinski definition) is 5. The van der Waals surface area contributed by atoms with Crippen LogP contribution < -0.4 is 0 Å². The van der Waals surface area contributed by atoms with Crippen molar-refractivity contribution in [3.63, 3.8) is 0 Å². The van der Waals surface area contributed by atoms with Crippen molar-refractivity contribution in [2.24, 2.45) is 0 Å². The SMILES string of the molecule is C=C1C(O)=C(CN2CCN(C(=O)OCC)CC2)C=CN1Cc1cccc(F)c1. The summed E-state index contributed by atoms with van der Waals surface area (Å²) in [6.07, 6.45) is 3.45. The topological polar surface area (TPSA) is 56.3 Å². The normalized spacial score (nSPS) is 18.0. The van der Waals surface area contributed by atoms with Gasteiger partial charge in [-0.3, -0.25) is 4.90 Å². The summed E-state index contributed by atoms with van der Waals surface area (Å²) in [5.74, 6) is -0.141. The van der Waals surface area contributed by atoms with Crippen LogP contribution in [-0.4, -0.2) is 65.2 Å². The smallest absolute Gasteiger partial charge is 0.409 e. The van der Waals surface area contributed by atoms with Crippen molar-refractivity contribution in [1.29, 1.82) is 0 Å². The molecule has 0 aliphatic carbocycles. The van der Waals surface area contributed by atoms with Gasteiger partial charge in [-0.25, -0.2) is 9.18 Å². The molecule has 1 amide bonds. The van der Waals surface area contributed by atoms with Crippen LogP contribution in [0.3, 0.4) is 0 Å². The lowest BCUT2D eigenvalue weighted by molar-refractivity contribution is 0.0818. The fourth-order valence-electron chi connectivity index (χ4n) is 3.32. The third kappa shape index (κ3) is 4.72. The lowest BCUT2D eigenvalue weighted by Gasteiger charge is -2.35. The second-order valence-corrected chi connectivity index (χ2v) is 6.86. The summed E-state index contributed by atoms with van der Waals surface area (Å²) in [6, 6.07) is 6.38. The minimum Gasteiger partial charge on any atom is -0.505 e. The van der Waals surface area contributed by atoms with Gasteiger partial charge < -0.3 is 19.6 Å². The summed E-state index contributed by atoms with van der Waals surface area (Å²) in [5.41, 5.74) is 2.08. The summed E-state index contributed by atoms with van der Waals surface area (Å²) in [7, 11) is 0. The van der Waals surface area contributed by atoms with E-state index < -0.39 is 0 Å². The Kier molecular flexibility index (Phi) is 6.36. The van der Waals surface area contributed by atoms with Gasteiger partial charge in [0.15, 0.2) is 0 Å². The number of rotatable bonds is 5. The highest BCUT2D eigenvalue weighted by molar-refractivity contribution is 5.67. The van der Waals surface area contributed by atoms with Gasteiger partial charge in [0.2, 0.25) is 0 Å². The standard InChI is InChI=1S/C21H26FN3O3/c1-3-28-21(27)24-11-9-23(10-12-24)15-18-7-8-25(16(2)20(18)26)14-17-5-4-6-19(22)13-17/h4-8,13,26H,2-3,9-12,14-15H2,1H3. The molecule has 0 spiro atoms. The van der Waals surface area contributed by atoms with E-state index in [1.54, 1.807) is 22.8 Å². The molecule has 1 N–H and O–H groups in total. The summed E-state index contributed by atoms with van der Waals surface area (Å²) < 4.78 is 18.4. The van der Waals surface area contributed by atoms with Gasteiger partial charge >= 0.3 is 6.09 Å². The molecular formula is C21H26FN3O3. The molecule has 150 valence electrons. The van der Waals surface area contributed by atoms with E-state index >= 15 is 0 Å². The van der Waals surface area contributed by atoms with Crippen LogP contribution in [0.1, 0.15) is 12.5 Å². The highest BCUT2D eigenvalue weighted by atomic mass is 19.1. The van der Waals surface area contributed by atoms with Crippen molar-refractivity contribution < 1.29 is 19.0 Å². The van der Waals surface area contributed by atoms with Crippen molar-refractivity contribution in [3.05, 3.63) is 71.5 Å². The van der Waals surface area contributed by atoms with Gasteiger partial charge in [-0.15, -0.1) is 0 Å². The van der Waals surface area contributed by atoms with Crippen LogP contribution in [0.25, 0.3) is 0 Å². The Labute approximate surface area is 164 Å². The van der Waals surface area contributed by atoms with E-state index in [0.29, 0.717) is 51.6 Å². The maximum absolute atomic E-state index is 13.4. The van der Waals surface area contributed by atoms with E-state index in [4.69, 9.17) is 4.74 Å². The van der Waals surface area contributed by atoms with Gasteiger partial charge in [-0.2, -0.15) is 0 Å². The molecule has 1 aromatic rings. The van der Waals surface area contributed by atoms with Crippen LogP contribution in [0, 0.1) is 5.82 Å². The first-order valence-corrected chi connectivity index (χ1v) is 9.42. The Balaban J connectivity index is 1.56. The van der Waals surface area contributed by atoms with Crippen LogP contribution in [-0.2, 0) is 11.3 Å². The Hall–Kier alpha value is -2.80. The quantitative estimate of drug-likeness (QED) is 0.841. The van der Waals surface area contributed by atoms with Crippen LogP contribution in [0.4, 0.5) is 9.18 Å². The van der Waals surface area contributed by atoms with E-state index in [-0.39, 0.29) is 17.7 Å². The molecule has 2 aliphatic rings. The van der Waals surface area contributed by atoms with Crippen molar-refractivity contribution >= 4 is 6.09 Å². The Morgan fingerprint density at radius 3 is 2.68 bits per heavy atom. The highest BCUT2D eigenvalue weighted by Crippen LogP contribution is 2.25. The number of amides is 1. The Morgan fingerprint density at radius 2 is 2.00 bits per heavy atom. The number of aliphatic hydroxyl groups is 1. The number of halogens is 1. The fourth-order valence-corrected chi connectivity index (χ4v) is 3.32. The van der Waals surface area contributed by atoms with E-state index in [0.717, 1.165) is 11.1 Å². The minimum atomic E-state index is -0.286. The zero-order valence-electron chi connectivity index (χ0n) is 16.1. The first-order valence-electron chi connectivity index (χ1n) is 9.42. The maximum atomic E-state index is 13.4. The molecular weight excluding hydrogens is 361 g/mol. The summed E-state index contributed by atoms with van der Waals surface area (Å²) in [5, 5.41) is 10.6. The Bertz CT molecular complexity index is 798. The summed E-state index contributed by atoms with van der Waals surface area (Å²) >= 11 is 0. The average molecular weight is 387 g/mol. The van der Waals surface area contributed by atoms with Crippen molar-refractivity contribution in [2.45, 2.75) is 13.5 Å². The lowest BCUT2D eigenvalue weighted by atomic mass is 10.1. The molecule has 6 nitrogen and oxygen atoms in total. The highest BCUT2D eigenvalue weighted by Gasteiger charge is 2.24. The monoisotopic (exact) mass is 387 g/mol. The molecule has 1 aromatic carbocycles. The number of ether oxygens (including phenoxy) is 1. The van der Waals surface area contributed by atoms with Gasteiger partial charge in [0.25, 0.3) is 0 Å². The first-order chi connectivity index (χ1) is 13.5. The van der Waals surface area contributed by atoms with Crippen LogP contribution >= 0.6 is 0 Å². The van der Waals surface area contributed by atoms with Gasteiger partial charge in [0, 0.05) is 51.0 Å². The zero-order valence-corrected chi connectivity index (χ0v) is 16.1. The predicted octanol–water partition coefficient (Wildman–Crippen LogP) is 3.25. The second-order valence-electron chi connectivity index (χ2n) is 6.86. The van der Waals surface area contributed by atoms with Gasteiger partial charge in [0.1, 0.15) is 11.6 Å². The molecule has 0 saturated carbocycles. The average Bonchev–Trinajstić information content (AvgIpc) is 2.68. The number of nitrogens with zero attached hydrogens (tertiary/aromatic N) is 3. The molecule has 0 bridgehead atoms. The van der Waals surface area contributed by atoms with Crippen molar-refractivity contribution in [1.82, 2.24) is 14.7 Å². The molecule has 0 radical (unpaired) electrons. The molecule has 3 rings (SSSR count). The van der Waals surface area contributed by atoms with Crippen LogP contribution in [0.15, 0.2) is 60.1 Å². The molecule has 1 saturated heterocycles. The Morgan fingerprint density at radius 1 is 1.25 bits per heavy atom. The molecule has 1 fully saturated rings. The van der Waals surface area contributed by atoms with Crippen molar-refractivity contribution in [2.75, 3.05) is 39.3 Å². The largest absolute Gasteiger partial charge is 0.505 e. The zero-order chi connectivity index (χ0) is 20.1. The lowest BCUT2D eigenvalue weighted by Crippen LogP contribution is -2.49. The van der Waals surface area contributed by atoms with E-state index in [1.807, 2.05) is 18.3 Å². The third-order valence-corrected chi connectivity index (χ3v) is 4.91. The van der Waals surface area contributed by atoms with Crippen LogP contribution in [0.5, 0.6) is 0 Å². The molecule has 7 heteroatoms. The van der Waals surface area contributed by atoms with E-state index in [1.165, 1.54) is 12.1 Å². The van der Waals surface area contributed by atoms with Gasteiger partial charge in [-0.05, 0) is 30.7 Å². The molecule has 0 aromatic heterocycles. The van der Waals surface area contributed by atoms with Crippen molar-refractivity contribution in [3.8, 4) is 0 Å². The fraction of sp³-hybridized carbons (Fsp3) is 0.381. The predicted molar refractivity (Wildman–Crippen MR) is 105 cm³/mol. The van der Waals surface area contributed by atoms with E-state index in [9.17, 15) is 14.3 Å². The molecule has 28 heavy (non-hydrogen) atoms. The third-order valence-electron chi connectivity index (χ3n) is 4.91. The maximum Gasteiger partial charge on any atom is 0.409 e. The summed E-state index contributed by atoms with van der Waals surface area (Å²) in [4.78, 5) is 17.5. The number of benzene rings is 1. The van der Waals surface area contributed by atoms with Gasteiger partial charge in [0.05, 0.1) is 12.3 Å².